The Hall–Kier alpha value is -1.81. The third-order valence-electron chi connectivity index (χ3n) is 4.68. The smallest absolute Gasteiger partial charge is 0.224 e. The minimum absolute atomic E-state index is 0.0755. The average Bonchev–Trinajstić information content (AvgIpc) is 2.93. The van der Waals surface area contributed by atoms with E-state index >= 15 is 0 Å². The second-order valence-corrected chi connectivity index (χ2v) is 6.34. The van der Waals surface area contributed by atoms with E-state index in [0.717, 1.165) is 41.7 Å². The average molecular weight is 300 g/mol. The number of fused-ring (bicyclic) bond motifs is 1. The zero-order chi connectivity index (χ0) is 15.5. The standard InChI is InChI=1S/C18H24N2O2/c1-12-5-6-16-15(11-22-18(16)13(12)2)8-17(21)20-10-14-4-3-7-19-9-14/h5-6,11,14,19H,3-4,7-10H2,1-2H3,(H,20,21). The normalized spacial score (nSPS) is 18.5. The molecule has 2 heterocycles. The predicted molar refractivity (Wildman–Crippen MR) is 88.0 cm³/mol. The van der Waals surface area contributed by atoms with E-state index in [1.807, 2.05) is 0 Å². The maximum atomic E-state index is 12.2. The summed E-state index contributed by atoms with van der Waals surface area (Å²) in [5.41, 5.74) is 4.23. The van der Waals surface area contributed by atoms with Crippen LogP contribution in [0.25, 0.3) is 11.0 Å². The molecule has 0 saturated carbocycles. The molecule has 1 atom stereocenters. The number of piperidine rings is 1. The van der Waals surface area contributed by atoms with Crippen LogP contribution in [0, 0.1) is 19.8 Å². The highest BCUT2D eigenvalue weighted by Gasteiger charge is 2.16. The van der Waals surface area contributed by atoms with Crippen LogP contribution in [0.1, 0.15) is 29.5 Å². The van der Waals surface area contributed by atoms with Crippen molar-refractivity contribution in [3.8, 4) is 0 Å². The van der Waals surface area contributed by atoms with Crippen LogP contribution in [0.2, 0.25) is 0 Å². The minimum atomic E-state index is 0.0755. The summed E-state index contributed by atoms with van der Waals surface area (Å²) in [6.45, 7) is 7.00. The van der Waals surface area contributed by atoms with E-state index in [4.69, 9.17) is 4.42 Å². The van der Waals surface area contributed by atoms with Gasteiger partial charge >= 0.3 is 0 Å². The molecule has 0 bridgehead atoms. The van der Waals surface area contributed by atoms with Gasteiger partial charge in [0.25, 0.3) is 0 Å². The van der Waals surface area contributed by atoms with E-state index in [0.29, 0.717) is 12.3 Å². The zero-order valence-corrected chi connectivity index (χ0v) is 13.4. The number of rotatable bonds is 4. The molecule has 22 heavy (non-hydrogen) atoms. The quantitative estimate of drug-likeness (QED) is 0.913. The summed E-state index contributed by atoms with van der Waals surface area (Å²) in [7, 11) is 0. The monoisotopic (exact) mass is 300 g/mol. The molecule has 1 amide bonds. The van der Waals surface area contributed by atoms with Crippen molar-refractivity contribution in [1.29, 1.82) is 0 Å². The van der Waals surface area contributed by atoms with E-state index < -0.39 is 0 Å². The first-order valence-corrected chi connectivity index (χ1v) is 8.09. The Labute approximate surface area is 131 Å². The lowest BCUT2D eigenvalue weighted by Gasteiger charge is -2.22. The fraction of sp³-hybridized carbons (Fsp3) is 0.500. The number of hydrogen-bond acceptors (Lipinski definition) is 3. The second-order valence-electron chi connectivity index (χ2n) is 6.34. The molecule has 1 fully saturated rings. The summed E-state index contributed by atoms with van der Waals surface area (Å²) < 4.78 is 5.67. The van der Waals surface area contributed by atoms with Crippen molar-refractivity contribution in [3.63, 3.8) is 0 Å². The summed E-state index contributed by atoms with van der Waals surface area (Å²) in [5, 5.41) is 7.49. The summed E-state index contributed by atoms with van der Waals surface area (Å²) >= 11 is 0. The van der Waals surface area contributed by atoms with E-state index in [2.05, 4.69) is 36.6 Å². The topological polar surface area (TPSA) is 54.3 Å². The number of aryl methyl sites for hydroxylation is 2. The van der Waals surface area contributed by atoms with Crippen LogP contribution in [-0.4, -0.2) is 25.5 Å². The van der Waals surface area contributed by atoms with Gasteiger partial charge < -0.3 is 15.1 Å². The van der Waals surface area contributed by atoms with Gasteiger partial charge in [-0.3, -0.25) is 4.79 Å². The fourth-order valence-corrected chi connectivity index (χ4v) is 3.12. The molecule has 0 spiro atoms. The minimum Gasteiger partial charge on any atom is -0.464 e. The maximum Gasteiger partial charge on any atom is 0.224 e. The molecule has 2 aromatic rings. The highest BCUT2D eigenvalue weighted by Crippen LogP contribution is 2.26. The molecule has 1 aromatic heterocycles. The van der Waals surface area contributed by atoms with E-state index in [1.165, 1.54) is 18.4 Å². The van der Waals surface area contributed by atoms with Crippen LogP contribution in [0.4, 0.5) is 0 Å². The number of nitrogens with one attached hydrogen (secondary N) is 2. The largest absolute Gasteiger partial charge is 0.464 e. The van der Waals surface area contributed by atoms with Crippen molar-refractivity contribution in [2.24, 2.45) is 5.92 Å². The van der Waals surface area contributed by atoms with Crippen LogP contribution >= 0.6 is 0 Å². The Kier molecular flexibility index (Phi) is 4.48. The SMILES string of the molecule is Cc1ccc2c(CC(=O)NCC3CCCNC3)coc2c1C. The van der Waals surface area contributed by atoms with Gasteiger partial charge in [-0.1, -0.05) is 12.1 Å². The predicted octanol–water partition coefficient (Wildman–Crippen LogP) is 2.71. The number of amides is 1. The molecule has 0 aliphatic carbocycles. The number of furan rings is 1. The number of benzene rings is 1. The van der Waals surface area contributed by atoms with Crippen LogP contribution < -0.4 is 10.6 Å². The van der Waals surface area contributed by atoms with Crippen molar-refractivity contribution < 1.29 is 9.21 Å². The first-order valence-electron chi connectivity index (χ1n) is 8.09. The maximum absolute atomic E-state index is 12.2. The van der Waals surface area contributed by atoms with Crippen molar-refractivity contribution in [3.05, 3.63) is 35.1 Å². The first-order chi connectivity index (χ1) is 10.6. The Bertz CT molecular complexity index is 669. The molecule has 2 N–H and O–H groups in total. The van der Waals surface area contributed by atoms with Crippen LogP contribution in [-0.2, 0) is 11.2 Å². The van der Waals surface area contributed by atoms with Crippen molar-refractivity contribution in [2.45, 2.75) is 33.1 Å². The molecule has 3 rings (SSSR count). The summed E-state index contributed by atoms with van der Waals surface area (Å²) in [6.07, 6.45) is 4.50. The van der Waals surface area contributed by atoms with Gasteiger partial charge in [-0.15, -0.1) is 0 Å². The highest BCUT2D eigenvalue weighted by atomic mass is 16.3. The van der Waals surface area contributed by atoms with Crippen LogP contribution in [0.3, 0.4) is 0 Å². The van der Waals surface area contributed by atoms with Crippen molar-refractivity contribution in [2.75, 3.05) is 19.6 Å². The number of carbonyl (C=O) groups is 1. The molecule has 1 aliphatic rings. The highest BCUT2D eigenvalue weighted by molar-refractivity contribution is 5.89. The molecule has 1 unspecified atom stereocenters. The van der Waals surface area contributed by atoms with Gasteiger partial charge in [-0.05, 0) is 56.8 Å². The van der Waals surface area contributed by atoms with Crippen LogP contribution in [0.5, 0.6) is 0 Å². The molecule has 0 radical (unpaired) electrons. The molecular formula is C18H24N2O2. The van der Waals surface area contributed by atoms with Crippen molar-refractivity contribution >= 4 is 16.9 Å². The van der Waals surface area contributed by atoms with Gasteiger partial charge in [0.2, 0.25) is 5.91 Å². The number of carbonyl (C=O) groups excluding carboxylic acids is 1. The number of hydrogen-bond donors (Lipinski definition) is 2. The van der Waals surface area contributed by atoms with Crippen LogP contribution in [0.15, 0.2) is 22.8 Å². The van der Waals surface area contributed by atoms with Crippen molar-refractivity contribution in [1.82, 2.24) is 10.6 Å². The summed E-state index contributed by atoms with van der Waals surface area (Å²) in [6, 6.07) is 4.14. The molecular weight excluding hydrogens is 276 g/mol. The molecule has 4 heteroatoms. The van der Waals surface area contributed by atoms with Gasteiger partial charge in [0.15, 0.2) is 0 Å². The third kappa shape index (κ3) is 3.17. The summed E-state index contributed by atoms with van der Waals surface area (Å²) in [5.74, 6) is 0.634. The summed E-state index contributed by atoms with van der Waals surface area (Å²) in [4.78, 5) is 12.2. The second kappa shape index (κ2) is 6.53. The van der Waals surface area contributed by atoms with Gasteiger partial charge in [-0.2, -0.15) is 0 Å². The Balaban J connectivity index is 1.63. The Morgan fingerprint density at radius 3 is 3.05 bits per heavy atom. The van der Waals surface area contributed by atoms with Gasteiger partial charge in [0.1, 0.15) is 5.58 Å². The van der Waals surface area contributed by atoms with Gasteiger partial charge in [-0.25, -0.2) is 0 Å². The molecule has 1 aromatic carbocycles. The first kappa shape index (κ1) is 15.1. The lowest BCUT2D eigenvalue weighted by Crippen LogP contribution is -2.38. The van der Waals surface area contributed by atoms with Gasteiger partial charge in [0.05, 0.1) is 12.7 Å². The zero-order valence-electron chi connectivity index (χ0n) is 13.4. The Morgan fingerprint density at radius 1 is 1.41 bits per heavy atom. The van der Waals surface area contributed by atoms with E-state index in [-0.39, 0.29) is 5.91 Å². The van der Waals surface area contributed by atoms with E-state index in [1.54, 1.807) is 6.26 Å². The third-order valence-corrected chi connectivity index (χ3v) is 4.68. The Morgan fingerprint density at radius 2 is 2.27 bits per heavy atom. The fourth-order valence-electron chi connectivity index (χ4n) is 3.12. The lowest BCUT2D eigenvalue weighted by atomic mass is 9.99. The molecule has 1 saturated heterocycles. The molecule has 118 valence electrons. The van der Waals surface area contributed by atoms with Gasteiger partial charge in [0, 0.05) is 17.5 Å². The molecule has 1 aliphatic heterocycles. The molecule has 4 nitrogen and oxygen atoms in total. The van der Waals surface area contributed by atoms with E-state index in [9.17, 15) is 4.79 Å². The lowest BCUT2D eigenvalue weighted by molar-refractivity contribution is -0.120.